The number of hydrogen-bond donors (Lipinski definition) is 0. The first-order chi connectivity index (χ1) is 8.15. The average molecular weight is 233 g/mol. The van der Waals surface area contributed by atoms with Gasteiger partial charge >= 0.3 is 0 Å². The Morgan fingerprint density at radius 1 is 1.35 bits per heavy atom. The van der Waals surface area contributed by atoms with Crippen LogP contribution in [-0.4, -0.2) is 20.0 Å². The van der Waals surface area contributed by atoms with Gasteiger partial charge in [-0.3, -0.25) is 4.79 Å². The maximum atomic E-state index is 11.9. The minimum Gasteiger partial charge on any atom is -0.496 e. The largest absolute Gasteiger partial charge is 0.496 e. The molecule has 4 nitrogen and oxygen atoms in total. The van der Waals surface area contributed by atoms with Crippen LogP contribution in [0.15, 0.2) is 12.1 Å². The molecule has 0 heterocycles. The molecule has 0 aliphatic rings. The van der Waals surface area contributed by atoms with Crippen molar-refractivity contribution in [2.75, 3.05) is 14.2 Å². The van der Waals surface area contributed by atoms with Crippen LogP contribution in [0.4, 0.5) is 0 Å². The van der Waals surface area contributed by atoms with Crippen LogP contribution < -0.4 is 9.47 Å². The number of Topliss-reactive ketones (excluding diaryl/α,β-unsaturated/α-hetero) is 1. The quantitative estimate of drug-likeness (QED) is 0.733. The molecule has 0 radical (unpaired) electrons. The summed E-state index contributed by atoms with van der Waals surface area (Å²) < 4.78 is 10.4. The smallest absolute Gasteiger partial charge is 0.167 e. The van der Waals surface area contributed by atoms with Gasteiger partial charge < -0.3 is 9.47 Å². The molecule has 0 aromatic heterocycles. The minimum absolute atomic E-state index is 0.0887. The van der Waals surface area contributed by atoms with Gasteiger partial charge in [0.15, 0.2) is 5.78 Å². The third kappa shape index (κ3) is 2.76. The summed E-state index contributed by atoms with van der Waals surface area (Å²) in [5.74, 6) is 1.11. The Kier molecular flexibility index (Phi) is 4.53. The number of carbonyl (C=O) groups excluding carboxylic acids is 1. The maximum Gasteiger partial charge on any atom is 0.167 e. The number of nitrogens with zero attached hydrogens (tertiary/aromatic N) is 1. The lowest BCUT2D eigenvalue weighted by molar-refractivity contribution is 0.0981. The van der Waals surface area contributed by atoms with E-state index >= 15 is 0 Å². The predicted octanol–water partition coefficient (Wildman–Crippen LogP) is 2.50. The molecule has 4 heteroatoms. The lowest BCUT2D eigenvalue weighted by Crippen LogP contribution is -2.04. The van der Waals surface area contributed by atoms with Gasteiger partial charge in [0.2, 0.25) is 0 Å². The summed E-state index contributed by atoms with van der Waals surface area (Å²) >= 11 is 0. The number of benzene rings is 1. The van der Waals surface area contributed by atoms with Crippen molar-refractivity contribution in [2.24, 2.45) is 0 Å². The van der Waals surface area contributed by atoms with Crippen molar-refractivity contribution in [1.29, 1.82) is 5.26 Å². The topological polar surface area (TPSA) is 59.3 Å². The van der Waals surface area contributed by atoms with Gasteiger partial charge in [0, 0.05) is 18.4 Å². The fraction of sp³-hybridized carbons (Fsp3) is 0.385. The SMILES string of the molecule is COc1ccc(C(=O)CCC#N)c(OC)c1C. The van der Waals surface area contributed by atoms with Crippen molar-refractivity contribution in [3.63, 3.8) is 0 Å². The molecule has 0 saturated carbocycles. The Balaban J connectivity index is 3.13. The molecule has 0 fully saturated rings. The molecule has 1 aromatic carbocycles. The molecule has 0 bridgehead atoms. The molecule has 17 heavy (non-hydrogen) atoms. The van der Waals surface area contributed by atoms with E-state index in [9.17, 15) is 4.79 Å². The Morgan fingerprint density at radius 3 is 2.59 bits per heavy atom. The standard InChI is InChI=1S/C13H15NO3/c1-9-12(16-2)7-6-10(13(9)17-3)11(15)5-4-8-14/h6-7H,4-5H2,1-3H3. The molecule has 90 valence electrons. The lowest BCUT2D eigenvalue weighted by atomic mass is 10.0. The van der Waals surface area contributed by atoms with Gasteiger partial charge in [-0.1, -0.05) is 0 Å². The molecular formula is C13H15NO3. The summed E-state index contributed by atoms with van der Waals surface area (Å²) in [7, 11) is 3.09. The van der Waals surface area contributed by atoms with Gasteiger partial charge in [-0.25, -0.2) is 0 Å². The number of ether oxygens (including phenoxy) is 2. The molecule has 1 aromatic rings. The number of methoxy groups -OCH3 is 2. The highest BCUT2D eigenvalue weighted by atomic mass is 16.5. The van der Waals surface area contributed by atoms with E-state index in [1.54, 1.807) is 19.2 Å². The molecule has 1 rings (SSSR count). The summed E-state index contributed by atoms with van der Waals surface area (Å²) in [4.78, 5) is 11.9. The molecule has 0 aliphatic carbocycles. The molecule has 0 unspecified atom stereocenters. The first-order valence-corrected chi connectivity index (χ1v) is 5.27. The minimum atomic E-state index is -0.0887. The number of carbonyl (C=O) groups is 1. The van der Waals surface area contributed by atoms with Crippen LogP contribution >= 0.6 is 0 Å². The van der Waals surface area contributed by atoms with Crippen molar-refractivity contribution in [1.82, 2.24) is 0 Å². The van der Waals surface area contributed by atoms with Gasteiger partial charge in [-0.05, 0) is 19.1 Å². The second-order valence-electron chi connectivity index (χ2n) is 3.55. The van der Waals surface area contributed by atoms with Crippen molar-refractivity contribution in [2.45, 2.75) is 19.8 Å². The van der Waals surface area contributed by atoms with E-state index in [-0.39, 0.29) is 18.6 Å². The maximum absolute atomic E-state index is 11.9. The number of nitriles is 1. The Bertz CT molecular complexity index is 460. The first-order valence-electron chi connectivity index (χ1n) is 5.27. The van der Waals surface area contributed by atoms with E-state index in [1.807, 2.05) is 13.0 Å². The molecule has 0 aliphatic heterocycles. The number of ketones is 1. The zero-order valence-electron chi connectivity index (χ0n) is 10.2. The van der Waals surface area contributed by atoms with Crippen LogP contribution in [0.3, 0.4) is 0 Å². The lowest BCUT2D eigenvalue weighted by Gasteiger charge is -2.13. The van der Waals surface area contributed by atoms with E-state index in [1.165, 1.54) is 7.11 Å². The summed E-state index contributed by atoms with van der Waals surface area (Å²) in [6.45, 7) is 1.83. The molecule has 0 atom stereocenters. The summed E-state index contributed by atoms with van der Waals surface area (Å²) in [5.41, 5.74) is 1.29. The van der Waals surface area contributed by atoms with Crippen LogP contribution in [0, 0.1) is 18.3 Å². The summed E-state index contributed by atoms with van der Waals surface area (Å²) in [6.07, 6.45) is 0.422. The summed E-state index contributed by atoms with van der Waals surface area (Å²) in [6, 6.07) is 5.36. The Hall–Kier alpha value is -2.02. The van der Waals surface area contributed by atoms with Crippen LogP contribution in [0.1, 0.15) is 28.8 Å². The normalized spacial score (nSPS) is 9.53. The van der Waals surface area contributed by atoms with Crippen LogP contribution in [0.25, 0.3) is 0 Å². The van der Waals surface area contributed by atoms with E-state index in [0.29, 0.717) is 17.1 Å². The second kappa shape index (κ2) is 5.90. The van der Waals surface area contributed by atoms with Gasteiger partial charge in [0.25, 0.3) is 0 Å². The van der Waals surface area contributed by atoms with E-state index in [2.05, 4.69) is 0 Å². The Morgan fingerprint density at radius 2 is 2.06 bits per heavy atom. The van der Waals surface area contributed by atoms with Crippen LogP contribution in [-0.2, 0) is 0 Å². The highest BCUT2D eigenvalue weighted by Gasteiger charge is 2.16. The fourth-order valence-corrected chi connectivity index (χ4v) is 1.68. The van der Waals surface area contributed by atoms with E-state index in [4.69, 9.17) is 14.7 Å². The van der Waals surface area contributed by atoms with Gasteiger partial charge in [0.05, 0.1) is 25.9 Å². The molecule has 0 N–H and O–H groups in total. The van der Waals surface area contributed by atoms with Crippen molar-refractivity contribution in [3.05, 3.63) is 23.3 Å². The fourth-order valence-electron chi connectivity index (χ4n) is 1.68. The van der Waals surface area contributed by atoms with Crippen molar-refractivity contribution < 1.29 is 14.3 Å². The zero-order chi connectivity index (χ0) is 12.8. The predicted molar refractivity (Wildman–Crippen MR) is 63.5 cm³/mol. The highest BCUT2D eigenvalue weighted by molar-refractivity contribution is 5.99. The summed E-state index contributed by atoms with van der Waals surface area (Å²) in [5, 5.41) is 8.47. The molecule has 0 spiro atoms. The number of rotatable bonds is 5. The highest BCUT2D eigenvalue weighted by Crippen LogP contribution is 2.32. The van der Waals surface area contributed by atoms with E-state index in [0.717, 1.165) is 5.56 Å². The van der Waals surface area contributed by atoms with Crippen LogP contribution in [0.2, 0.25) is 0 Å². The monoisotopic (exact) mass is 233 g/mol. The Labute approximate surface area is 101 Å². The molecule has 0 amide bonds. The molecule has 0 saturated heterocycles. The van der Waals surface area contributed by atoms with E-state index < -0.39 is 0 Å². The average Bonchev–Trinajstić information content (AvgIpc) is 2.35. The zero-order valence-corrected chi connectivity index (χ0v) is 10.2. The van der Waals surface area contributed by atoms with Crippen molar-refractivity contribution >= 4 is 5.78 Å². The van der Waals surface area contributed by atoms with Crippen molar-refractivity contribution in [3.8, 4) is 17.6 Å². The third-order valence-electron chi connectivity index (χ3n) is 2.54. The van der Waals surface area contributed by atoms with Gasteiger partial charge in [-0.2, -0.15) is 5.26 Å². The van der Waals surface area contributed by atoms with Crippen LogP contribution in [0.5, 0.6) is 11.5 Å². The van der Waals surface area contributed by atoms with Gasteiger partial charge in [-0.15, -0.1) is 0 Å². The third-order valence-corrected chi connectivity index (χ3v) is 2.54. The first kappa shape index (κ1) is 13.0. The van der Waals surface area contributed by atoms with Gasteiger partial charge in [0.1, 0.15) is 11.5 Å². The second-order valence-corrected chi connectivity index (χ2v) is 3.55. The molecular weight excluding hydrogens is 218 g/mol. The number of hydrogen-bond acceptors (Lipinski definition) is 4.